The summed E-state index contributed by atoms with van der Waals surface area (Å²) in [6.07, 6.45) is 3.82. The predicted octanol–water partition coefficient (Wildman–Crippen LogP) is 3.63. The molecule has 1 aliphatic carbocycles. The van der Waals surface area contributed by atoms with Crippen molar-refractivity contribution in [2.75, 3.05) is 6.54 Å². The Morgan fingerprint density at radius 1 is 1.13 bits per heavy atom. The monoisotopic (exact) mass is 404 g/mol. The van der Waals surface area contributed by atoms with Crippen LogP contribution in [-0.2, 0) is 14.3 Å². The summed E-state index contributed by atoms with van der Waals surface area (Å²) < 4.78 is 6.01. The van der Waals surface area contributed by atoms with E-state index in [0.29, 0.717) is 18.7 Å². The summed E-state index contributed by atoms with van der Waals surface area (Å²) in [6.45, 7) is 2.72. The highest BCUT2D eigenvalue weighted by Crippen LogP contribution is 2.31. The smallest absolute Gasteiger partial charge is 0.286 e. The lowest BCUT2D eigenvalue weighted by Crippen LogP contribution is -2.54. The Labute approximate surface area is 177 Å². The SMILES string of the molecule is CC(CNC(=O)C1CCC2O/C(=C\c3ccccc3)C(=O)NC2C1)c1ccccc1. The third kappa shape index (κ3) is 4.73. The number of ether oxygens (including phenoxy) is 1. The highest BCUT2D eigenvalue weighted by atomic mass is 16.5. The molecule has 4 atom stereocenters. The summed E-state index contributed by atoms with van der Waals surface area (Å²) in [4.78, 5) is 25.2. The summed E-state index contributed by atoms with van der Waals surface area (Å²) >= 11 is 0. The number of amides is 2. The molecule has 1 saturated carbocycles. The number of benzene rings is 2. The van der Waals surface area contributed by atoms with Crippen LogP contribution in [-0.4, -0.2) is 30.5 Å². The van der Waals surface area contributed by atoms with E-state index in [-0.39, 0.29) is 35.8 Å². The van der Waals surface area contributed by atoms with Crippen molar-refractivity contribution in [2.24, 2.45) is 5.92 Å². The first-order valence-electron chi connectivity index (χ1n) is 10.7. The molecule has 0 bridgehead atoms. The van der Waals surface area contributed by atoms with Gasteiger partial charge < -0.3 is 15.4 Å². The van der Waals surface area contributed by atoms with Crippen molar-refractivity contribution < 1.29 is 14.3 Å². The minimum Gasteiger partial charge on any atom is -0.483 e. The van der Waals surface area contributed by atoms with Crippen molar-refractivity contribution in [3.05, 3.63) is 77.5 Å². The third-order valence-electron chi connectivity index (χ3n) is 6.02. The number of carbonyl (C=O) groups is 2. The number of fused-ring (bicyclic) bond motifs is 1. The van der Waals surface area contributed by atoms with Gasteiger partial charge in [0.2, 0.25) is 5.91 Å². The minimum absolute atomic E-state index is 0.0658. The zero-order chi connectivity index (χ0) is 20.9. The molecule has 1 aliphatic heterocycles. The number of rotatable bonds is 5. The predicted molar refractivity (Wildman–Crippen MR) is 116 cm³/mol. The highest BCUT2D eigenvalue weighted by Gasteiger charge is 2.40. The van der Waals surface area contributed by atoms with Gasteiger partial charge in [-0.3, -0.25) is 9.59 Å². The van der Waals surface area contributed by atoms with Crippen LogP contribution in [0.3, 0.4) is 0 Å². The highest BCUT2D eigenvalue weighted by molar-refractivity contribution is 5.96. The number of carbonyl (C=O) groups excluding carboxylic acids is 2. The van der Waals surface area contributed by atoms with Crippen molar-refractivity contribution in [1.29, 1.82) is 0 Å². The molecule has 4 rings (SSSR count). The lowest BCUT2D eigenvalue weighted by molar-refractivity contribution is -0.134. The maximum absolute atomic E-state index is 12.7. The largest absolute Gasteiger partial charge is 0.483 e. The van der Waals surface area contributed by atoms with Crippen molar-refractivity contribution in [2.45, 2.75) is 44.2 Å². The molecular formula is C25H28N2O3. The van der Waals surface area contributed by atoms with E-state index in [1.807, 2.05) is 48.5 Å². The Bertz CT molecular complexity index is 911. The van der Waals surface area contributed by atoms with Crippen LogP contribution in [0.4, 0.5) is 0 Å². The molecule has 156 valence electrons. The standard InChI is InChI=1S/C25H28N2O3/c1-17(19-10-6-3-7-11-19)16-26-24(28)20-12-13-22-21(15-20)27-25(29)23(30-22)14-18-8-4-2-5-9-18/h2-11,14,17,20-22H,12-13,15-16H2,1H3,(H,26,28)(H,27,29)/b23-14-. The van der Waals surface area contributed by atoms with Crippen LogP contribution in [0.5, 0.6) is 0 Å². The van der Waals surface area contributed by atoms with E-state index in [0.717, 1.165) is 18.4 Å². The van der Waals surface area contributed by atoms with Crippen LogP contribution >= 0.6 is 0 Å². The zero-order valence-electron chi connectivity index (χ0n) is 17.2. The molecule has 2 N–H and O–H groups in total. The summed E-state index contributed by atoms with van der Waals surface area (Å²) in [5.74, 6) is 0.365. The Hall–Kier alpha value is -3.08. The Morgan fingerprint density at radius 2 is 1.83 bits per heavy atom. The first kappa shape index (κ1) is 20.2. The van der Waals surface area contributed by atoms with Crippen LogP contribution in [0.25, 0.3) is 6.08 Å². The minimum atomic E-state index is -0.209. The fourth-order valence-electron chi connectivity index (χ4n) is 4.23. The fourth-order valence-corrected chi connectivity index (χ4v) is 4.23. The average molecular weight is 405 g/mol. The van der Waals surface area contributed by atoms with Crippen molar-refractivity contribution in [3.63, 3.8) is 0 Å². The molecule has 0 radical (unpaired) electrons. The molecule has 0 aromatic heterocycles. The quantitative estimate of drug-likeness (QED) is 0.748. The molecule has 2 aliphatic rings. The molecule has 1 saturated heterocycles. The van der Waals surface area contributed by atoms with Gasteiger partial charge in [0.05, 0.1) is 6.04 Å². The van der Waals surface area contributed by atoms with E-state index in [2.05, 4.69) is 29.7 Å². The first-order valence-corrected chi connectivity index (χ1v) is 10.7. The Balaban J connectivity index is 1.31. The van der Waals surface area contributed by atoms with Gasteiger partial charge in [-0.15, -0.1) is 0 Å². The maximum Gasteiger partial charge on any atom is 0.286 e. The second-order valence-corrected chi connectivity index (χ2v) is 8.22. The topological polar surface area (TPSA) is 67.4 Å². The van der Waals surface area contributed by atoms with Crippen molar-refractivity contribution >= 4 is 17.9 Å². The van der Waals surface area contributed by atoms with Crippen LogP contribution in [0.15, 0.2) is 66.4 Å². The van der Waals surface area contributed by atoms with Crippen molar-refractivity contribution in [1.82, 2.24) is 10.6 Å². The zero-order valence-corrected chi connectivity index (χ0v) is 17.2. The van der Waals surface area contributed by atoms with Gasteiger partial charge in [-0.2, -0.15) is 0 Å². The second kappa shape index (κ2) is 9.16. The van der Waals surface area contributed by atoms with Crippen LogP contribution < -0.4 is 10.6 Å². The molecule has 5 heteroatoms. The molecule has 2 amide bonds. The van der Waals surface area contributed by atoms with Gasteiger partial charge in [0.1, 0.15) is 6.10 Å². The summed E-state index contributed by atoms with van der Waals surface area (Å²) in [5.41, 5.74) is 2.15. The lowest BCUT2D eigenvalue weighted by Gasteiger charge is -2.39. The normalized spacial score (nSPS) is 25.6. The van der Waals surface area contributed by atoms with Crippen molar-refractivity contribution in [3.8, 4) is 0 Å². The molecule has 30 heavy (non-hydrogen) atoms. The fraction of sp³-hybridized carbons (Fsp3) is 0.360. The van der Waals surface area contributed by atoms with E-state index >= 15 is 0 Å². The Kier molecular flexibility index (Phi) is 6.17. The maximum atomic E-state index is 12.7. The number of hydrogen-bond donors (Lipinski definition) is 2. The first-order chi connectivity index (χ1) is 14.6. The van der Waals surface area contributed by atoms with Gasteiger partial charge in [0.25, 0.3) is 5.91 Å². The molecule has 0 spiro atoms. The summed E-state index contributed by atoms with van der Waals surface area (Å²) in [7, 11) is 0. The van der Waals surface area contributed by atoms with Crippen LogP contribution in [0.1, 0.15) is 43.2 Å². The molecule has 2 aromatic rings. The molecule has 2 aromatic carbocycles. The molecular weight excluding hydrogens is 376 g/mol. The second-order valence-electron chi connectivity index (χ2n) is 8.22. The number of morpholine rings is 1. The lowest BCUT2D eigenvalue weighted by atomic mass is 9.82. The average Bonchev–Trinajstić information content (AvgIpc) is 2.78. The molecule has 5 nitrogen and oxygen atoms in total. The number of hydrogen-bond acceptors (Lipinski definition) is 3. The van der Waals surface area contributed by atoms with Gasteiger partial charge in [-0.25, -0.2) is 0 Å². The van der Waals surface area contributed by atoms with Gasteiger partial charge in [-0.1, -0.05) is 67.6 Å². The Morgan fingerprint density at radius 3 is 2.57 bits per heavy atom. The van der Waals surface area contributed by atoms with Crippen LogP contribution in [0.2, 0.25) is 0 Å². The third-order valence-corrected chi connectivity index (χ3v) is 6.02. The van der Waals surface area contributed by atoms with Crippen LogP contribution in [0, 0.1) is 5.92 Å². The molecule has 2 fully saturated rings. The van der Waals surface area contributed by atoms with E-state index in [1.165, 1.54) is 5.56 Å². The van der Waals surface area contributed by atoms with Gasteiger partial charge in [0, 0.05) is 12.5 Å². The van der Waals surface area contributed by atoms with E-state index in [4.69, 9.17) is 4.74 Å². The molecule has 1 heterocycles. The summed E-state index contributed by atoms with van der Waals surface area (Å²) in [6, 6.07) is 19.7. The van der Waals surface area contributed by atoms with Gasteiger partial charge in [-0.05, 0) is 42.4 Å². The van der Waals surface area contributed by atoms with E-state index in [9.17, 15) is 9.59 Å². The van der Waals surface area contributed by atoms with Gasteiger partial charge >= 0.3 is 0 Å². The van der Waals surface area contributed by atoms with Gasteiger partial charge in [0.15, 0.2) is 5.76 Å². The number of nitrogens with one attached hydrogen (secondary N) is 2. The summed E-state index contributed by atoms with van der Waals surface area (Å²) in [5, 5.41) is 6.15. The molecule has 4 unspecified atom stereocenters. The van der Waals surface area contributed by atoms with E-state index < -0.39 is 0 Å². The van der Waals surface area contributed by atoms with E-state index in [1.54, 1.807) is 6.08 Å².